The molecule has 25 heavy (non-hydrogen) atoms. The quantitative estimate of drug-likeness (QED) is 0.870. The van der Waals surface area contributed by atoms with E-state index < -0.39 is 11.9 Å². The molecule has 0 radical (unpaired) electrons. The molecule has 0 aliphatic carbocycles. The van der Waals surface area contributed by atoms with E-state index >= 15 is 0 Å². The van der Waals surface area contributed by atoms with Gasteiger partial charge in [0, 0.05) is 44.7 Å². The minimum Gasteiger partial charge on any atom is -0.355 e. The summed E-state index contributed by atoms with van der Waals surface area (Å²) < 4.78 is 37.6. The van der Waals surface area contributed by atoms with Gasteiger partial charge >= 0.3 is 6.18 Å². The van der Waals surface area contributed by atoms with E-state index in [1.807, 2.05) is 16.7 Å². The topological polar surface area (TPSA) is 61.4 Å². The first-order valence-corrected chi connectivity index (χ1v) is 8.53. The number of anilines is 1. The Hall–Kier alpha value is -1.90. The second-order valence-electron chi connectivity index (χ2n) is 6.62. The third-order valence-electron chi connectivity index (χ3n) is 4.89. The largest absolute Gasteiger partial charge is 0.435 e. The van der Waals surface area contributed by atoms with Crippen molar-refractivity contribution in [1.29, 1.82) is 0 Å². The molecule has 3 heterocycles. The maximum absolute atomic E-state index is 12.7. The number of piperazine rings is 1. The third kappa shape index (κ3) is 4.02. The summed E-state index contributed by atoms with van der Waals surface area (Å²) in [6.45, 7) is 5.58. The molecule has 6 nitrogen and oxygen atoms in total. The fraction of sp³-hybridized carbons (Fsp3) is 0.688. The first kappa shape index (κ1) is 17.9. The molecule has 9 heteroatoms. The van der Waals surface area contributed by atoms with Gasteiger partial charge in [-0.25, -0.2) is 0 Å². The maximum Gasteiger partial charge on any atom is 0.435 e. The van der Waals surface area contributed by atoms with E-state index in [9.17, 15) is 18.0 Å². The monoisotopic (exact) mass is 357 g/mol. The lowest BCUT2D eigenvalue weighted by atomic mass is 9.94. The van der Waals surface area contributed by atoms with Crippen LogP contribution in [-0.2, 0) is 11.0 Å². The first-order chi connectivity index (χ1) is 11.9. The fourth-order valence-corrected chi connectivity index (χ4v) is 3.40. The highest BCUT2D eigenvalue weighted by Crippen LogP contribution is 2.29. The Bertz CT molecular complexity index is 599. The number of amides is 1. The molecule has 2 aliphatic rings. The Morgan fingerprint density at radius 3 is 2.48 bits per heavy atom. The highest BCUT2D eigenvalue weighted by atomic mass is 19.4. The lowest BCUT2D eigenvalue weighted by Crippen LogP contribution is -2.54. The van der Waals surface area contributed by atoms with Gasteiger partial charge in [-0.3, -0.25) is 4.79 Å². The molecule has 1 atom stereocenters. The van der Waals surface area contributed by atoms with E-state index in [4.69, 9.17) is 0 Å². The normalized spacial score (nSPS) is 23.0. The number of aromatic nitrogens is 2. The van der Waals surface area contributed by atoms with Gasteiger partial charge in [-0.15, -0.1) is 10.2 Å². The lowest BCUT2D eigenvalue weighted by molar-refractivity contribution is -0.142. The smallest absolute Gasteiger partial charge is 0.355 e. The van der Waals surface area contributed by atoms with E-state index in [-0.39, 0.29) is 17.9 Å². The number of piperidine rings is 1. The van der Waals surface area contributed by atoms with Gasteiger partial charge in [0.05, 0.1) is 0 Å². The minimum atomic E-state index is -4.48. The highest BCUT2D eigenvalue weighted by molar-refractivity contribution is 5.79. The Kier molecular flexibility index (Phi) is 5.12. The zero-order valence-corrected chi connectivity index (χ0v) is 14.1. The molecule has 1 amide bonds. The van der Waals surface area contributed by atoms with Crippen LogP contribution in [0, 0.1) is 5.92 Å². The molecule has 138 valence electrons. The van der Waals surface area contributed by atoms with Crippen LogP contribution in [0.2, 0.25) is 0 Å². The van der Waals surface area contributed by atoms with Crippen molar-refractivity contribution in [2.75, 3.05) is 37.6 Å². The van der Waals surface area contributed by atoms with E-state index in [1.165, 1.54) is 6.07 Å². The summed E-state index contributed by atoms with van der Waals surface area (Å²) in [4.78, 5) is 16.5. The minimum absolute atomic E-state index is 0.0285. The number of nitrogens with zero attached hydrogens (tertiary/aromatic N) is 4. The van der Waals surface area contributed by atoms with E-state index in [0.717, 1.165) is 25.7 Å². The number of halogens is 3. The Labute approximate surface area is 144 Å². The number of hydrogen-bond acceptors (Lipinski definition) is 5. The summed E-state index contributed by atoms with van der Waals surface area (Å²) in [5, 5.41) is 10.2. The fourth-order valence-electron chi connectivity index (χ4n) is 3.40. The lowest BCUT2D eigenvalue weighted by Gasteiger charge is -2.39. The summed E-state index contributed by atoms with van der Waals surface area (Å²) in [5.41, 5.74) is -0.992. The summed E-state index contributed by atoms with van der Waals surface area (Å²) >= 11 is 0. The molecule has 0 saturated carbocycles. The molecule has 1 unspecified atom stereocenters. The van der Waals surface area contributed by atoms with Crippen molar-refractivity contribution in [3.05, 3.63) is 17.8 Å². The first-order valence-electron chi connectivity index (χ1n) is 8.53. The zero-order chi connectivity index (χ0) is 18.0. The Balaban J connectivity index is 1.57. The maximum atomic E-state index is 12.7. The highest BCUT2D eigenvalue weighted by Gasteiger charge is 2.34. The van der Waals surface area contributed by atoms with Gasteiger partial charge in [0.25, 0.3) is 0 Å². The van der Waals surface area contributed by atoms with Gasteiger partial charge < -0.3 is 15.1 Å². The van der Waals surface area contributed by atoms with Crippen molar-refractivity contribution in [3.63, 3.8) is 0 Å². The van der Waals surface area contributed by atoms with Crippen LogP contribution in [0.5, 0.6) is 0 Å². The van der Waals surface area contributed by atoms with Crippen LogP contribution in [0.3, 0.4) is 0 Å². The SMILES string of the molecule is CC1CNCCN1C(=O)C1CCN(c2ccc(C(F)(F)F)nn2)CC1. The summed E-state index contributed by atoms with van der Waals surface area (Å²) in [6, 6.07) is 2.48. The van der Waals surface area contributed by atoms with E-state index in [1.54, 1.807) is 0 Å². The molecule has 2 saturated heterocycles. The number of alkyl halides is 3. The number of hydrogen-bond donors (Lipinski definition) is 1. The van der Waals surface area contributed by atoms with Crippen LogP contribution in [-0.4, -0.2) is 59.8 Å². The third-order valence-corrected chi connectivity index (χ3v) is 4.89. The van der Waals surface area contributed by atoms with Gasteiger partial charge in [0.2, 0.25) is 5.91 Å². The van der Waals surface area contributed by atoms with Crippen molar-refractivity contribution in [1.82, 2.24) is 20.4 Å². The van der Waals surface area contributed by atoms with Crippen LogP contribution in [0.4, 0.5) is 19.0 Å². The van der Waals surface area contributed by atoms with Gasteiger partial charge in [-0.2, -0.15) is 13.2 Å². The second-order valence-corrected chi connectivity index (χ2v) is 6.62. The molecule has 1 aromatic rings. The molecule has 2 aliphatic heterocycles. The molecule has 2 fully saturated rings. The average molecular weight is 357 g/mol. The molecular weight excluding hydrogens is 335 g/mol. The predicted molar refractivity (Wildman–Crippen MR) is 86.0 cm³/mol. The van der Waals surface area contributed by atoms with Crippen LogP contribution in [0.1, 0.15) is 25.5 Å². The summed E-state index contributed by atoms with van der Waals surface area (Å²) in [5.74, 6) is 0.584. The molecular formula is C16H22F3N5O. The van der Waals surface area contributed by atoms with Crippen LogP contribution < -0.4 is 10.2 Å². The van der Waals surface area contributed by atoms with Gasteiger partial charge in [0.1, 0.15) is 0 Å². The van der Waals surface area contributed by atoms with Gasteiger partial charge in [-0.1, -0.05) is 0 Å². The van der Waals surface area contributed by atoms with Crippen molar-refractivity contribution in [2.45, 2.75) is 32.0 Å². The van der Waals surface area contributed by atoms with Crippen molar-refractivity contribution < 1.29 is 18.0 Å². The molecule has 0 bridgehead atoms. The van der Waals surface area contributed by atoms with E-state index in [2.05, 4.69) is 15.5 Å². The molecule has 1 N–H and O–H groups in total. The molecule has 3 rings (SSSR count). The van der Waals surface area contributed by atoms with Crippen molar-refractivity contribution in [3.8, 4) is 0 Å². The van der Waals surface area contributed by atoms with E-state index in [0.29, 0.717) is 31.7 Å². The predicted octanol–water partition coefficient (Wildman–Crippen LogP) is 1.53. The zero-order valence-electron chi connectivity index (χ0n) is 14.1. The standard InChI is InChI=1S/C16H22F3N5O/c1-11-10-20-6-9-24(11)15(25)12-4-7-23(8-5-12)14-3-2-13(21-22-14)16(17,18)19/h2-3,11-12,20H,4-10H2,1H3. The average Bonchev–Trinajstić information content (AvgIpc) is 2.61. The molecule has 0 aromatic carbocycles. The number of carbonyl (C=O) groups is 1. The second kappa shape index (κ2) is 7.15. The molecule has 0 spiro atoms. The van der Waals surface area contributed by atoms with Crippen molar-refractivity contribution in [2.24, 2.45) is 5.92 Å². The van der Waals surface area contributed by atoms with Crippen LogP contribution >= 0.6 is 0 Å². The Morgan fingerprint density at radius 2 is 1.92 bits per heavy atom. The number of nitrogens with one attached hydrogen (secondary N) is 1. The summed E-state index contributed by atoms with van der Waals surface area (Å²) in [7, 11) is 0. The number of carbonyl (C=O) groups excluding carboxylic acids is 1. The molecule has 1 aromatic heterocycles. The van der Waals surface area contributed by atoms with Gasteiger partial charge in [0.15, 0.2) is 11.5 Å². The van der Waals surface area contributed by atoms with Crippen molar-refractivity contribution >= 4 is 11.7 Å². The Morgan fingerprint density at radius 1 is 1.20 bits per heavy atom. The summed E-state index contributed by atoms with van der Waals surface area (Å²) in [6.07, 6.45) is -3.12. The van der Waals surface area contributed by atoms with Crippen LogP contribution in [0.15, 0.2) is 12.1 Å². The number of rotatable bonds is 2. The van der Waals surface area contributed by atoms with Crippen LogP contribution in [0.25, 0.3) is 0 Å². The van der Waals surface area contributed by atoms with Gasteiger partial charge in [-0.05, 0) is 31.9 Å².